The van der Waals surface area contributed by atoms with E-state index in [1.807, 2.05) is 25.1 Å². The normalized spacial score (nSPS) is 14.7. The van der Waals surface area contributed by atoms with E-state index in [2.05, 4.69) is 63.8 Å². The largest absolute Gasteiger partial charge is 0.508 e. The Hall–Kier alpha value is -2.96. The van der Waals surface area contributed by atoms with Gasteiger partial charge in [-0.15, -0.1) is 0 Å². The number of fused-ring (bicyclic) bond motifs is 3. The van der Waals surface area contributed by atoms with E-state index in [1.54, 1.807) is 18.2 Å². The van der Waals surface area contributed by atoms with Crippen LogP contribution in [0.1, 0.15) is 23.6 Å². The number of benzene rings is 3. The molecule has 3 aromatic rings. The summed E-state index contributed by atoms with van der Waals surface area (Å²) in [7, 11) is 2.20. The minimum absolute atomic E-state index is 0.0697. The lowest BCUT2D eigenvalue weighted by atomic mass is 9.67. The summed E-state index contributed by atoms with van der Waals surface area (Å²) in [5, 5.41) is 9.87. The zero-order valence-corrected chi connectivity index (χ0v) is 16.7. The van der Waals surface area contributed by atoms with Crippen molar-refractivity contribution in [3.8, 4) is 16.9 Å². The molecule has 0 bridgehead atoms. The van der Waals surface area contributed by atoms with Crippen LogP contribution < -0.4 is 0 Å². The second kappa shape index (κ2) is 7.22. The molecule has 138 valence electrons. The molecule has 0 spiro atoms. The number of hydrogen-bond acceptors (Lipinski definition) is 2. The SMILES string of the molecule is C/C=C(\C=C/C(=O)P)C1(c2ccc(O)cc2)c2ccccc2-c2ccccc21. The van der Waals surface area contributed by atoms with Crippen LogP contribution in [-0.4, -0.2) is 10.6 Å². The third-order valence-corrected chi connectivity index (χ3v) is 5.62. The lowest BCUT2D eigenvalue weighted by Gasteiger charge is -2.34. The number of aromatic hydroxyl groups is 1. The first-order valence-corrected chi connectivity index (χ1v) is 9.80. The number of phenolic OH excluding ortho intramolecular Hbond substituents is 1. The second-order valence-electron chi connectivity index (χ2n) is 6.87. The third-order valence-electron chi connectivity index (χ3n) is 5.42. The average Bonchev–Trinajstić information content (AvgIpc) is 3.01. The van der Waals surface area contributed by atoms with Gasteiger partial charge in [-0.2, -0.15) is 0 Å². The number of hydrogen-bond donors (Lipinski definition) is 1. The lowest BCUT2D eigenvalue weighted by molar-refractivity contribution is -0.107. The maximum atomic E-state index is 11.7. The molecule has 0 amide bonds. The van der Waals surface area contributed by atoms with Crippen LogP contribution in [0.25, 0.3) is 11.1 Å². The molecule has 1 aliphatic rings. The Bertz CT molecular complexity index is 1060. The summed E-state index contributed by atoms with van der Waals surface area (Å²) < 4.78 is 0. The van der Waals surface area contributed by atoms with Crippen molar-refractivity contribution in [3.05, 3.63) is 113 Å². The molecule has 0 fully saturated rings. The zero-order valence-electron chi connectivity index (χ0n) is 15.6. The third kappa shape index (κ3) is 2.73. The number of allylic oxidation sites excluding steroid dienone is 4. The fourth-order valence-electron chi connectivity index (χ4n) is 4.34. The quantitative estimate of drug-likeness (QED) is 0.361. The summed E-state index contributed by atoms with van der Waals surface area (Å²) in [4.78, 5) is 11.7. The molecule has 2 nitrogen and oxygen atoms in total. The molecule has 1 N–H and O–H groups in total. The van der Waals surface area contributed by atoms with Gasteiger partial charge in [0.2, 0.25) is 0 Å². The van der Waals surface area contributed by atoms with Crippen LogP contribution in [0.4, 0.5) is 0 Å². The van der Waals surface area contributed by atoms with Gasteiger partial charge in [0.25, 0.3) is 0 Å². The predicted octanol–water partition coefficient (Wildman–Crippen LogP) is 5.61. The lowest BCUT2D eigenvalue weighted by Crippen LogP contribution is -2.29. The van der Waals surface area contributed by atoms with Crippen molar-refractivity contribution >= 4 is 14.8 Å². The van der Waals surface area contributed by atoms with E-state index < -0.39 is 5.41 Å². The van der Waals surface area contributed by atoms with Crippen LogP contribution in [0.3, 0.4) is 0 Å². The van der Waals surface area contributed by atoms with Gasteiger partial charge in [0.1, 0.15) is 5.75 Å². The summed E-state index contributed by atoms with van der Waals surface area (Å²) in [6.45, 7) is 2.00. The van der Waals surface area contributed by atoms with Crippen molar-refractivity contribution in [1.29, 1.82) is 0 Å². The summed E-state index contributed by atoms with van der Waals surface area (Å²) >= 11 is 0. The van der Waals surface area contributed by atoms with Gasteiger partial charge in [-0.25, -0.2) is 0 Å². The van der Waals surface area contributed by atoms with E-state index in [-0.39, 0.29) is 11.3 Å². The zero-order chi connectivity index (χ0) is 19.7. The van der Waals surface area contributed by atoms with E-state index in [9.17, 15) is 9.90 Å². The topological polar surface area (TPSA) is 37.3 Å². The predicted molar refractivity (Wildman–Crippen MR) is 117 cm³/mol. The number of carbonyl (C=O) groups is 1. The highest BCUT2D eigenvalue weighted by atomic mass is 31.0. The highest BCUT2D eigenvalue weighted by Crippen LogP contribution is 2.56. The molecule has 0 aromatic heterocycles. The van der Waals surface area contributed by atoms with E-state index in [4.69, 9.17) is 0 Å². The second-order valence-corrected chi connectivity index (χ2v) is 7.44. The van der Waals surface area contributed by atoms with Gasteiger partial charge in [0, 0.05) is 0 Å². The van der Waals surface area contributed by atoms with Crippen molar-refractivity contribution in [2.45, 2.75) is 12.3 Å². The molecule has 0 radical (unpaired) electrons. The summed E-state index contributed by atoms with van der Waals surface area (Å²) in [6.07, 6.45) is 5.56. The maximum absolute atomic E-state index is 11.7. The molecule has 0 heterocycles. The van der Waals surface area contributed by atoms with Gasteiger partial charge >= 0.3 is 0 Å². The first-order chi connectivity index (χ1) is 13.6. The molecule has 1 unspecified atom stereocenters. The summed E-state index contributed by atoms with van der Waals surface area (Å²) in [5.74, 6) is 0.233. The number of phenols is 1. The Labute approximate surface area is 167 Å². The van der Waals surface area contributed by atoms with Crippen molar-refractivity contribution < 1.29 is 9.90 Å². The van der Waals surface area contributed by atoms with Gasteiger partial charge in [0.15, 0.2) is 5.52 Å². The fraction of sp³-hybridized carbons (Fsp3) is 0.0800. The average molecular weight is 384 g/mol. The van der Waals surface area contributed by atoms with Crippen LogP contribution in [0.5, 0.6) is 5.75 Å². The smallest absolute Gasteiger partial charge is 0.170 e. The van der Waals surface area contributed by atoms with E-state index in [0.717, 1.165) is 11.1 Å². The van der Waals surface area contributed by atoms with Crippen LogP contribution in [0.15, 0.2) is 96.6 Å². The molecule has 1 aliphatic carbocycles. The van der Waals surface area contributed by atoms with Gasteiger partial charge in [0.05, 0.1) is 5.41 Å². The van der Waals surface area contributed by atoms with E-state index in [1.165, 1.54) is 22.3 Å². The summed E-state index contributed by atoms with van der Waals surface area (Å²) in [5.41, 5.74) is 6.19. The molecular weight excluding hydrogens is 363 g/mol. The Morgan fingerprint density at radius 2 is 1.39 bits per heavy atom. The van der Waals surface area contributed by atoms with Crippen LogP contribution in [-0.2, 0) is 10.2 Å². The molecule has 0 aliphatic heterocycles. The first kappa shape index (κ1) is 18.4. The Morgan fingerprint density at radius 1 is 0.857 bits per heavy atom. The van der Waals surface area contributed by atoms with Crippen molar-refractivity contribution in [3.63, 3.8) is 0 Å². The maximum Gasteiger partial charge on any atom is 0.170 e. The minimum atomic E-state index is -0.549. The van der Waals surface area contributed by atoms with Gasteiger partial charge < -0.3 is 5.11 Å². The van der Waals surface area contributed by atoms with Crippen molar-refractivity contribution in [2.24, 2.45) is 0 Å². The van der Waals surface area contributed by atoms with Gasteiger partial charge in [-0.05, 0) is 58.5 Å². The van der Waals surface area contributed by atoms with Crippen LogP contribution in [0.2, 0.25) is 0 Å². The standard InChI is InChI=1S/C25H21O2P/c1-2-17(13-16-24(27)28)25(18-11-14-19(26)15-12-18)22-9-5-3-7-20(22)21-8-4-6-10-23(21)25/h2-16,26H,28H2,1H3/b16-13-,17-2+. The Kier molecular flexibility index (Phi) is 4.75. The van der Waals surface area contributed by atoms with Crippen molar-refractivity contribution in [1.82, 2.24) is 0 Å². The molecular formula is C25H21O2P. The Balaban J connectivity index is 2.13. The van der Waals surface area contributed by atoms with E-state index in [0.29, 0.717) is 0 Å². The monoisotopic (exact) mass is 384 g/mol. The van der Waals surface area contributed by atoms with Crippen LogP contribution >= 0.6 is 9.24 Å². The molecule has 4 rings (SSSR count). The molecule has 3 aromatic carbocycles. The van der Waals surface area contributed by atoms with Gasteiger partial charge in [-0.1, -0.05) is 82.1 Å². The number of rotatable bonds is 4. The minimum Gasteiger partial charge on any atom is -0.508 e. The fourth-order valence-corrected chi connectivity index (χ4v) is 4.44. The highest BCUT2D eigenvalue weighted by Gasteiger charge is 2.46. The van der Waals surface area contributed by atoms with Crippen molar-refractivity contribution in [2.75, 3.05) is 0 Å². The summed E-state index contributed by atoms with van der Waals surface area (Å²) in [6, 6.07) is 24.2. The molecule has 0 saturated carbocycles. The Morgan fingerprint density at radius 3 is 1.89 bits per heavy atom. The molecule has 3 heteroatoms. The highest BCUT2D eigenvalue weighted by molar-refractivity contribution is 7.41. The van der Waals surface area contributed by atoms with Crippen LogP contribution in [0, 0.1) is 0 Å². The molecule has 1 atom stereocenters. The van der Waals surface area contributed by atoms with Gasteiger partial charge in [-0.3, -0.25) is 4.79 Å². The number of carbonyl (C=O) groups excluding carboxylic acids is 1. The van der Waals surface area contributed by atoms with E-state index >= 15 is 0 Å². The molecule has 0 saturated heterocycles. The molecule has 28 heavy (non-hydrogen) atoms. The first-order valence-electron chi connectivity index (χ1n) is 9.22.